The van der Waals surface area contributed by atoms with E-state index in [4.69, 9.17) is 23.2 Å². The molecule has 3 rings (SSSR count). The smallest absolute Gasteiger partial charge is 0.419 e. The van der Waals surface area contributed by atoms with Gasteiger partial charge in [0.15, 0.2) is 11.4 Å². The fourth-order valence-electron chi connectivity index (χ4n) is 3.61. The average Bonchev–Trinajstić information content (AvgIpc) is 3.35. The lowest BCUT2D eigenvalue weighted by molar-refractivity contribution is -0.253. The SMILES string of the molecule is C=C(F)/C(Cl)=C\C=C1/CN(CC(=O)N2CCC(O)(C(F)(F)F)C2)C(Cl)=C1Sc1cccc(C(=O)O)c1F. The van der Waals surface area contributed by atoms with Gasteiger partial charge in [0, 0.05) is 24.4 Å². The zero-order chi connectivity index (χ0) is 27.7. The molecule has 2 N–H and O–H groups in total. The first-order valence-corrected chi connectivity index (χ1v) is 12.0. The van der Waals surface area contributed by atoms with Crippen molar-refractivity contribution in [1.29, 1.82) is 0 Å². The maximum atomic E-state index is 14.8. The van der Waals surface area contributed by atoms with Crippen molar-refractivity contribution in [3.63, 3.8) is 0 Å². The molecule has 0 aliphatic carbocycles. The summed E-state index contributed by atoms with van der Waals surface area (Å²) in [5.74, 6) is -4.19. The normalized spacial score (nSPS) is 21.8. The van der Waals surface area contributed by atoms with Gasteiger partial charge in [0.1, 0.15) is 11.0 Å². The number of halogens is 7. The van der Waals surface area contributed by atoms with Crippen LogP contribution in [0.1, 0.15) is 16.8 Å². The number of amides is 1. The van der Waals surface area contributed by atoms with E-state index in [-0.39, 0.29) is 33.1 Å². The molecule has 2 aliphatic heterocycles. The van der Waals surface area contributed by atoms with E-state index in [9.17, 15) is 41.8 Å². The second-order valence-electron chi connectivity index (χ2n) is 8.21. The second-order valence-corrected chi connectivity index (χ2v) is 10.0. The molecule has 6 nitrogen and oxygen atoms in total. The van der Waals surface area contributed by atoms with Crippen LogP contribution in [0.15, 0.2) is 68.3 Å². The number of hydrogen-bond acceptors (Lipinski definition) is 5. The predicted molar refractivity (Wildman–Crippen MR) is 128 cm³/mol. The molecule has 0 saturated carbocycles. The number of likely N-dealkylation sites (tertiary alicyclic amines) is 1. The molecule has 1 saturated heterocycles. The molecule has 1 fully saturated rings. The van der Waals surface area contributed by atoms with Crippen LogP contribution in [-0.4, -0.2) is 69.8 Å². The van der Waals surface area contributed by atoms with Crippen LogP contribution in [0.4, 0.5) is 22.0 Å². The van der Waals surface area contributed by atoms with E-state index in [1.807, 2.05) is 0 Å². The largest absolute Gasteiger partial charge is 0.478 e. The highest BCUT2D eigenvalue weighted by atomic mass is 35.5. The van der Waals surface area contributed by atoms with Gasteiger partial charge in [-0.05, 0) is 23.8 Å². The fraction of sp³-hybridized carbons (Fsp3) is 0.304. The van der Waals surface area contributed by atoms with Crippen molar-refractivity contribution < 1.29 is 41.8 Å². The minimum atomic E-state index is -4.91. The minimum Gasteiger partial charge on any atom is -0.478 e. The van der Waals surface area contributed by atoms with E-state index < -0.39 is 60.4 Å². The fourth-order valence-corrected chi connectivity index (χ4v) is 5.08. The Balaban J connectivity index is 1.90. The number of carbonyl (C=O) groups excluding carboxylic acids is 1. The molecule has 1 unspecified atom stereocenters. The monoisotopic (exact) mass is 584 g/mol. The Morgan fingerprint density at radius 2 is 1.97 bits per heavy atom. The Hall–Kier alpha value is -2.54. The molecule has 1 aromatic carbocycles. The van der Waals surface area contributed by atoms with Gasteiger partial charge in [-0.2, -0.15) is 13.2 Å². The molecule has 2 aliphatic rings. The van der Waals surface area contributed by atoms with Gasteiger partial charge in [-0.3, -0.25) is 4.79 Å². The molecule has 1 atom stereocenters. The zero-order valence-corrected chi connectivity index (χ0v) is 21.1. The summed E-state index contributed by atoms with van der Waals surface area (Å²) >= 11 is 13.0. The lowest BCUT2D eigenvalue weighted by Gasteiger charge is -2.27. The van der Waals surface area contributed by atoms with Gasteiger partial charge >= 0.3 is 12.1 Å². The summed E-state index contributed by atoms with van der Waals surface area (Å²) < 4.78 is 67.4. The first-order valence-electron chi connectivity index (χ1n) is 10.5. The molecule has 200 valence electrons. The van der Waals surface area contributed by atoms with E-state index in [0.29, 0.717) is 5.57 Å². The van der Waals surface area contributed by atoms with Crippen LogP contribution < -0.4 is 0 Å². The average molecular weight is 585 g/mol. The molecule has 0 bridgehead atoms. The molecule has 1 aromatic rings. The number of aliphatic hydroxyl groups is 1. The van der Waals surface area contributed by atoms with Crippen LogP contribution in [0.5, 0.6) is 0 Å². The van der Waals surface area contributed by atoms with Crippen molar-refractivity contribution in [2.75, 3.05) is 26.2 Å². The summed E-state index contributed by atoms with van der Waals surface area (Å²) in [4.78, 5) is 26.3. The summed E-state index contributed by atoms with van der Waals surface area (Å²) in [5, 5.41) is 18.6. The van der Waals surface area contributed by atoms with Crippen molar-refractivity contribution in [1.82, 2.24) is 9.80 Å². The van der Waals surface area contributed by atoms with Crippen molar-refractivity contribution in [3.05, 3.63) is 74.8 Å². The summed E-state index contributed by atoms with van der Waals surface area (Å²) in [6.07, 6.45) is -3.08. The predicted octanol–water partition coefficient (Wildman–Crippen LogP) is 5.40. The molecule has 0 radical (unpaired) electrons. The van der Waals surface area contributed by atoms with E-state index >= 15 is 0 Å². The molecule has 37 heavy (non-hydrogen) atoms. The minimum absolute atomic E-state index is 0.0707. The lowest BCUT2D eigenvalue weighted by atomic mass is 10.0. The molecule has 0 aromatic heterocycles. The Bertz CT molecular complexity index is 1230. The Labute approximate surface area is 222 Å². The van der Waals surface area contributed by atoms with Gasteiger partial charge in [0.05, 0.1) is 28.6 Å². The van der Waals surface area contributed by atoms with Crippen LogP contribution >= 0.6 is 35.0 Å². The Kier molecular flexibility index (Phi) is 8.68. The summed E-state index contributed by atoms with van der Waals surface area (Å²) in [7, 11) is 0. The quantitative estimate of drug-likeness (QED) is 0.254. The van der Waals surface area contributed by atoms with Crippen molar-refractivity contribution in [2.24, 2.45) is 0 Å². The molecule has 14 heteroatoms. The molecule has 0 spiro atoms. The first-order chi connectivity index (χ1) is 17.1. The third-order valence-corrected chi connectivity index (χ3v) is 7.73. The van der Waals surface area contributed by atoms with Crippen molar-refractivity contribution >= 4 is 46.8 Å². The number of carboxylic acids is 1. The van der Waals surface area contributed by atoms with Gasteiger partial charge in [-0.25, -0.2) is 13.6 Å². The van der Waals surface area contributed by atoms with Gasteiger partial charge in [-0.15, -0.1) is 0 Å². The molecular formula is C23H19Cl2F5N2O4S. The highest BCUT2D eigenvalue weighted by Crippen LogP contribution is 2.43. The van der Waals surface area contributed by atoms with Crippen LogP contribution in [0.2, 0.25) is 0 Å². The maximum absolute atomic E-state index is 14.8. The number of rotatable bonds is 7. The van der Waals surface area contributed by atoms with Crippen LogP contribution in [0.25, 0.3) is 0 Å². The number of β-amino-alcohol motifs (C(OH)–C–C–N with tert-alkyl or cyclic N) is 1. The van der Waals surface area contributed by atoms with Gasteiger partial charge < -0.3 is 20.0 Å². The maximum Gasteiger partial charge on any atom is 0.419 e. The number of carboxylic acid groups (broad SMARTS) is 1. The number of thioether (sulfide) groups is 1. The van der Waals surface area contributed by atoms with Crippen LogP contribution in [0.3, 0.4) is 0 Å². The summed E-state index contributed by atoms with van der Waals surface area (Å²) in [5.41, 5.74) is -3.25. The van der Waals surface area contributed by atoms with E-state index in [0.717, 1.165) is 28.8 Å². The lowest BCUT2D eigenvalue weighted by Crippen LogP contribution is -2.48. The number of allylic oxidation sites excluding steroid dienone is 4. The molecule has 1 amide bonds. The van der Waals surface area contributed by atoms with Gasteiger partial charge in [-0.1, -0.05) is 53.7 Å². The molecular weight excluding hydrogens is 566 g/mol. The first kappa shape index (κ1) is 29.0. The topological polar surface area (TPSA) is 81.1 Å². The summed E-state index contributed by atoms with van der Waals surface area (Å²) in [6.45, 7) is 1.26. The second kappa shape index (κ2) is 11.1. The van der Waals surface area contributed by atoms with E-state index in [1.54, 1.807) is 0 Å². The van der Waals surface area contributed by atoms with Gasteiger partial charge in [0.2, 0.25) is 5.91 Å². The van der Waals surface area contributed by atoms with Gasteiger partial charge in [0.25, 0.3) is 0 Å². The number of hydrogen-bond donors (Lipinski definition) is 2. The summed E-state index contributed by atoms with van der Waals surface area (Å²) in [6, 6.07) is 3.70. The van der Waals surface area contributed by atoms with E-state index in [2.05, 4.69) is 6.58 Å². The molecule has 2 heterocycles. The van der Waals surface area contributed by atoms with Crippen LogP contribution in [-0.2, 0) is 4.79 Å². The number of alkyl halides is 3. The third kappa shape index (κ3) is 6.31. The number of carbonyl (C=O) groups is 2. The van der Waals surface area contributed by atoms with Crippen molar-refractivity contribution in [3.8, 4) is 0 Å². The Morgan fingerprint density at radius 3 is 2.54 bits per heavy atom. The highest BCUT2D eigenvalue weighted by molar-refractivity contribution is 8.03. The standard InChI is InChI=1S/C23H19Cl2F5N2O4S/c1-12(26)15(24)6-5-13-9-32(10-17(33)31-8-7-22(36,11-31)23(28,29)30)20(25)19(13)37-16-4-2-3-14(18(16)27)21(34)35/h2-6,36H,1,7-11H2,(H,34,35)/b13-5+,15-6+. The number of benzene rings is 1. The number of aromatic carboxylic acids is 1. The highest BCUT2D eigenvalue weighted by Gasteiger charge is 2.57. The third-order valence-electron chi connectivity index (χ3n) is 5.67. The van der Waals surface area contributed by atoms with Crippen LogP contribution in [0, 0.1) is 5.82 Å². The van der Waals surface area contributed by atoms with Crippen molar-refractivity contribution in [2.45, 2.75) is 23.1 Å². The number of nitrogens with zero attached hydrogens (tertiary/aromatic N) is 2. The zero-order valence-electron chi connectivity index (χ0n) is 18.8. The Morgan fingerprint density at radius 1 is 1.30 bits per heavy atom. The van der Waals surface area contributed by atoms with E-state index in [1.165, 1.54) is 23.1 Å².